The molecule has 0 N–H and O–H groups in total. The highest BCUT2D eigenvalue weighted by atomic mass is 35.5. The number of nitriles is 1. The van der Waals surface area contributed by atoms with E-state index in [1.54, 1.807) is 7.11 Å². The van der Waals surface area contributed by atoms with E-state index < -0.39 is 0 Å². The lowest BCUT2D eigenvalue weighted by Gasteiger charge is -2.10. The van der Waals surface area contributed by atoms with E-state index >= 15 is 0 Å². The molecular formula is C17H14ClNO. The number of hydrogen-bond donors (Lipinski definition) is 0. The summed E-state index contributed by atoms with van der Waals surface area (Å²) in [6.45, 7) is 1.97. The Kier molecular flexibility index (Phi) is 4.45. The van der Waals surface area contributed by atoms with Crippen molar-refractivity contribution in [2.75, 3.05) is 7.11 Å². The molecule has 3 heteroatoms. The topological polar surface area (TPSA) is 33.0 Å². The normalized spacial score (nSPS) is 11.5. The van der Waals surface area contributed by atoms with Gasteiger partial charge in [0.1, 0.15) is 11.8 Å². The van der Waals surface area contributed by atoms with Gasteiger partial charge < -0.3 is 4.74 Å². The molecule has 2 nitrogen and oxygen atoms in total. The first-order chi connectivity index (χ1) is 9.67. The van der Waals surface area contributed by atoms with Gasteiger partial charge in [-0.25, -0.2) is 0 Å². The highest BCUT2D eigenvalue weighted by Crippen LogP contribution is 2.35. The second-order valence-electron chi connectivity index (χ2n) is 4.37. The third-order valence-electron chi connectivity index (χ3n) is 2.99. The molecule has 0 radical (unpaired) electrons. The number of hydrogen-bond acceptors (Lipinski definition) is 2. The minimum Gasteiger partial charge on any atom is -0.496 e. The van der Waals surface area contributed by atoms with Gasteiger partial charge in [0.2, 0.25) is 0 Å². The van der Waals surface area contributed by atoms with Crippen LogP contribution >= 0.6 is 11.6 Å². The van der Waals surface area contributed by atoms with Crippen molar-refractivity contribution in [2.24, 2.45) is 0 Å². The minimum atomic E-state index is 0.402. The highest BCUT2D eigenvalue weighted by molar-refractivity contribution is 6.53. The molecule has 0 atom stereocenters. The number of halogens is 1. The zero-order chi connectivity index (χ0) is 14.5. The van der Waals surface area contributed by atoms with E-state index in [1.807, 2.05) is 55.5 Å². The Morgan fingerprint density at radius 2 is 1.85 bits per heavy atom. The monoisotopic (exact) mass is 283 g/mol. The lowest BCUT2D eigenvalue weighted by atomic mass is 10.0. The zero-order valence-corrected chi connectivity index (χ0v) is 12.1. The number of methoxy groups -OCH3 is 1. The molecule has 0 saturated heterocycles. The summed E-state index contributed by atoms with van der Waals surface area (Å²) >= 11 is 6.44. The lowest BCUT2D eigenvalue weighted by Crippen LogP contribution is -1.92. The van der Waals surface area contributed by atoms with Crippen LogP contribution in [0.15, 0.2) is 48.5 Å². The van der Waals surface area contributed by atoms with Gasteiger partial charge in [-0.3, -0.25) is 0 Å². The Hall–Kier alpha value is -2.24. The minimum absolute atomic E-state index is 0.402. The summed E-state index contributed by atoms with van der Waals surface area (Å²) in [6, 6.07) is 17.3. The van der Waals surface area contributed by atoms with Crippen LogP contribution in [0.25, 0.3) is 10.6 Å². The summed E-state index contributed by atoms with van der Waals surface area (Å²) in [7, 11) is 1.59. The average Bonchev–Trinajstić information content (AvgIpc) is 2.49. The van der Waals surface area contributed by atoms with Crippen LogP contribution in [0.2, 0.25) is 0 Å². The second kappa shape index (κ2) is 6.27. The van der Waals surface area contributed by atoms with E-state index in [0.29, 0.717) is 16.4 Å². The number of nitrogens with zero attached hydrogens (tertiary/aromatic N) is 1. The van der Waals surface area contributed by atoms with Gasteiger partial charge in [0.05, 0.1) is 17.7 Å². The molecule has 0 aliphatic carbocycles. The predicted molar refractivity (Wildman–Crippen MR) is 82.5 cm³/mol. The van der Waals surface area contributed by atoms with E-state index in [2.05, 4.69) is 6.07 Å². The molecule has 0 spiro atoms. The maximum Gasteiger partial charge on any atom is 0.127 e. The number of allylic oxidation sites excluding steroid dienone is 1. The second-order valence-corrected chi connectivity index (χ2v) is 4.75. The van der Waals surface area contributed by atoms with Crippen molar-refractivity contribution in [3.05, 3.63) is 65.2 Å². The molecule has 0 heterocycles. The summed E-state index contributed by atoms with van der Waals surface area (Å²) in [5, 5.41) is 9.81. The fourth-order valence-corrected chi connectivity index (χ4v) is 2.27. The Morgan fingerprint density at radius 1 is 1.15 bits per heavy atom. The van der Waals surface area contributed by atoms with E-state index in [4.69, 9.17) is 16.3 Å². The van der Waals surface area contributed by atoms with Crippen LogP contribution in [-0.4, -0.2) is 7.11 Å². The molecule has 0 fully saturated rings. The number of aryl methyl sites for hydroxylation is 1. The summed E-state index contributed by atoms with van der Waals surface area (Å²) in [5.74, 6) is 0.657. The summed E-state index contributed by atoms with van der Waals surface area (Å²) in [5.41, 5.74) is 3.03. The molecule has 100 valence electrons. The highest BCUT2D eigenvalue weighted by Gasteiger charge is 2.13. The molecule has 0 unspecified atom stereocenters. The van der Waals surface area contributed by atoms with Gasteiger partial charge in [-0.05, 0) is 24.6 Å². The van der Waals surface area contributed by atoms with Crippen LogP contribution in [0, 0.1) is 18.3 Å². The van der Waals surface area contributed by atoms with Crippen LogP contribution in [0.3, 0.4) is 0 Å². The molecule has 2 aromatic carbocycles. The van der Waals surface area contributed by atoms with Crippen molar-refractivity contribution < 1.29 is 4.74 Å². The van der Waals surface area contributed by atoms with Gasteiger partial charge in [0, 0.05) is 5.56 Å². The summed E-state index contributed by atoms with van der Waals surface area (Å²) < 4.78 is 5.32. The maximum atomic E-state index is 9.41. The summed E-state index contributed by atoms with van der Waals surface area (Å²) in [4.78, 5) is 0. The van der Waals surface area contributed by atoms with Gasteiger partial charge >= 0.3 is 0 Å². The molecule has 2 rings (SSSR count). The van der Waals surface area contributed by atoms with Gasteiger partial charge in [-0.1, -0.05) is 53.6 Å². The Bertz CT molecular complexity index is 684. The Morgan fingerprint density at radius 3 is 2.45 bits per heavy atom. The van der Waals surface area contributed by atoms with Crippen molar-refractivity contribution in [1.82, 2.24) is 0 Å². The van der Waals surface area contributed by atoms with Crippen LogP contribution in [0.1, 0.15) is 16.7 Å². The van der Waals surface area contributed by atoms with Crippen LogP contribution < -0.4 is 4.74 Å². The molecule has 0 bridgehead atoms. The van der Waals surface area contributed by atoms with Crippen molar-refractivity contribution in [3.63, 3.8) is 0 Å². The number of ether oxygens (including phenoxy) is 1. The fourth-order valence-electron chi connectivity index (χ4n) is 1.97. The van der Waals surface area contributed by atoms with Crippen LogP contribution in [-0.2, 0) is 0 Å². The van der Waals surface area contributed by atoms with Gasteiger partial charge in [0.15, 0.2) is 0 Å². The number of benzene rings is 2. The third kappa shape index (κ3) is 2.84. The average molecular weight is 284 g/mol. The molecule has 0 amide bonds. The van der Waals surface area contributed by atoms with E-state index in [0.717, 1.165) is 16.7 Å². The lowest BCUT2D eigenvalue weighted by molar-refractivity contribution is 0.413. The van der Waals surface area contributed by atoms with Crippen LogP contribution in [0.4, 0.5) is 0 Å². The predicted octanol–water partition coefficient (Wildman–Crippen LogP) is 4.63. The van der Waals surface area contributed by atoms with Gasteiger partial charge in [-0.15, -0.1) is 0 Å². The standard InChI is InChI=1S/C17H14ClNO/c1-12-8-9-16(20-2)14(10-12)17(18)15(11-19)13-6-4-3-5-7-13/h3-10H,1-2H3. The Balaban J connectivity index is 2.64. The molecule has 0 aliphatic rings. The molecule has 0 saturated carbocycles. The van der Waals surface area contributed by atoms with E-state index in [1.165, 1.54) is 0 Å². The summed E-state index contributed by atoms with van der Waals surface area (Å²) in [6.07, 6.45) is 0. The Labute approximate surface area is 123 Å². The molecule has 20 heavy (non-hydrogen) atoms. The van der Waals surface area contributed by atoms with Crippen LogP contribution in [0.5, 0.6) is 5.75 Å². The number of rotatable bonds is 3. The first-order valence-corrected chi connectivity index (χ1v) is 6.55. The smallest absolute Gasteiger partial charge is 0.127 e. The van der Waals surface area contributed by atoms with Crippen molar-refractivity contribution in [2.45, 2.75) is 6.92 Å². The van der Waals surface area contributed by atoms with E-state index in [9.17, 15) is 5.26 Å². The van der Waals surface area contributed by atoms with Crippen molar-refractivity contribution in [1.29, 1.82) is 5.26 Å². The van der Waals surface area contributed by atoms with Gasteiger partial charge in [-0.2, -0.15) is 5.26 Å². The molecule has 0 aliphatic heterocycles. The fraction of sp³-hybridized carbons (Fsp3) is 0.118. The quantitative estimate of drug-likeness (QED) is 0.607. The van der Waals surface area contributed by atoms with Gasteiger partial charge in [0.25, 0.3) is 0 Å². The van der Waals surface area contributed by atoms with E-state index in [-0.39, 0.29) is 0 Å². The SMILES string of the molecule is COc1ccc(C)cc1C(Cl)=C(C#N)c1ccccc1. The first-order valence-electron chi connectivity index (χ1n) is 6.17. The molecule has 2 aromatic rings. The molecule has 0 aromatic heterocycles. The van der Waals surface area contributed by atoms with Crippen molar-refractivity contribution >= 4 is 22.2 Å². The third-order valence-corrected chi connectivity index (χ3v) is 3.38. The van der Waals surface area contributed by atoms with Crippen molar-refractivity contribution in [3.8, 4) is 11.8 Å². The first kappa shape index (κ1) is 14.2. The molecular weight excluding hydrogens is 270 g/mol. The zero-order valence-electron chi connectivity index (χ0n) is 11.4. The maximum absolute atomic E-state index is 9.41. The largest absolute Gasteiger partial charge is 0.496 e.